The lowest BCUT2D eigenvalue weighted by Gasteiger charge is -2.14. The highest BCUT2D eigenvalue weighted by molar-refractivity contribution is 5.62. The maximum absolute atomic E-state index is 12.4. The first kappa shape index (κ1) is 15.1. The molecule has 0 aliphatic rings. The van der Waals surface area contributed by atoms with Crippen LogP contribution in [0.5, 0.6) is 0 Å². The van der Waals surface area contributed by atoms with Gasteiger partial charge in [-0.05, 0) is 55.2 Å². The maximum Gasteiger partial charge on any atom is 0.268 e. The van der Waals surface area contributed by atoms with Gasteiger partial charge in [-0.3, -0.25) is 4.79 Å². The molecule has 0 aliphatic carbocycles. The van der Waals surface area contributed by atoms with Gasteiger partial charge in [-0.1, -0.05) is 25.5 Å². The summed E-state index contributed by atoms with van der Waals surface area (Å²) in [6, 6.07) is 11.7. The Morgan fingerprint density at radius 2 is 1.90 bits per heavy atom. The predicted octanol–water partition coefficient (Wildman–Crippen LogP) is 3.80. The largest absolute Gasteiger partial charge is 0.307 e. The fraction of sp³-hybridized carbons (Fsp3) is 0.333. The average molecular weight is 280 g/mol. The topological polar surface area (TPSA) is 45.8 Å². The van der Waals surface area contributed by atoms with Crippen LogP contribution in [0.1, 0.15) is 36.5 Å². The molecule has 0 N–H and O–H groups in total. The molecule has 0 fully saturated rings. The minimum atomic E-state index is -0.193. The number of unbranched alkanes of at least 4 members (excludes halogenated alkanes) is 1. The molecule has 0 radical (unpaired) electrons. The van der Waals surface area contributed by atoms with Crippen molar-refractivity contribution in [3.63, 3.8) is 0 Å². The van der Waals surface area contributed by atoms with E-state index in [9.17, 15) is 4.79 Å². The van der Waals surface area contributed by atoms with E-state index < -0.39 is 0 Å². The smallest absolute Gasteiger partial charge is 0.268 e. The van der Waals surface area contributed by atoms with Crippen LogP contribution in [0, 0.1) is 25.2 Å². The number of hydrogen-bond donors (Lipinski definition) is 0. The molecule has 1 aromatic heterocycles. The van der Waals surface area contributed by atoms with Crippen molar-refractivity contribution in [1.82, 2.24) is 4.57 Å². The van der Waals surface area contributed by atoms with Crippen molar-refractivity contribution in [3.8, 4) is 17.3 Å². The van der Waals surface area contributed by atoms with E-state index in [-0.39, 0.29) is 11.1 Å². The Morgan fingerprint density at radius 3 is 2.52 bits per heavy atom. The zero-order valence-electron chi connectivity index (χ0n) is 12.8. The zero-order valence-corrected chi connectivity index (χ0v) is 12.8. The molecule has 2 aromatic rings. The van der Waals surface area contributed by atoms with E-state index in [2.05, 4.69) is 32.9 Å². The second-order valence-electron chi connectivity index (χ2n) is 5.35. The average Bonchev–Trinajstić information content (AvgIpc) is 2.48. The lowest BCUT2D eigenvalue weighted by molar-refractivity contribution is 0.617. The Bertz CT molecular complexity index is 751. The van der Waals surface area contributed by atoms with E-state index in [4.69, 9.17) is 5.26 Å². The fourth-order valence-corrected chi connectivity index (χ4v) is 2.35. The first-order valence-corrected chi connectivity index (χ1v) is 7.30. The summed E-state index contributed by atoms with van der Waals surface area (Å²) in [5.41, 5.74) is 4.35. The van der Waals surface area contributed by atoms with Crippen LogP contribution in [-0.4, -0.2) is 4.57 Å². The minimum Gasteiger partial charge on any atom is -0.307 e. The van der Waals surface area contributed by atoms with E-state index in [0.29, 0.717) is 6.54 Å². The molecule has 0 amide bonds. The van der Waals surface area contributed by atoms with E-state index in [1.54, 1.807) is 10.6 Å². The standard InChI is InChI=1S/C18H20N2O/c1-4-5-10-20-17(9-8-16(12-19)18(20)21)15-7-6-13(2)14(3)11-15/h6-9,11H,4-5,10H2,1-3H3. The van der Waals surface area contributed by atoms with E-state index >= 15 is 0 Å². The molecule has 3 heteroatoms. The summed E-state index contributed by atoms with van der Waals surface area (Å²) in [6.45, 7) is 6.88. The highest BCUT2D eigenvalue weighted by Gasteiger charge is 2.10. The molecular weight excluding hydrogens is 260 g/mol. The summed E-state index contributed by atoms with van der Waals surface area (Å²) >= 11 is 0. The fourth-order valence-electron chi connectivity index (χ4n) is 2.35. The van der Waals surface area contributed by atoms with Gasteiger partial charge in [0.25, 0.3) is 5.56 Å². The van der Waals surface area contributed by atoms with Gasteiger partial charge in [0.2, 0.25) is 0 Å². The second-order valence-corrected chi connectivity index (χ2v) is 5.35. The van der Waals surface area contributed by atoms with Gasteiger partial charge in [-0.15, -0.1) is 0 Å². The molecule has 0 saturated carbocycles. The van der Waals surface area contributed by atoms with Crippen LogP contribution in [0.3, 0.4) is 0 Å². The molecule has 0 unspecified atom stereocenters. The van der Waals surface area contributed by atoms with E-state index in [0.717, 1.165) is 24.1 Å². The van der Waals surface area contributed by atoms with Gasteiger partial charge < -0.3 is 4.57 Å². The number of pyridine rings is 1. The molecule has 0 atom stereocenters. The minimum absolute atomic E-state index is 0.193. The highest BCUT2D eigenvalue weighted by atomic mass is 16.1. The van der Waals surface area contributed by atoms with Gasteiger partial charge in [0.05, 0.1) is 5.69 Å². The zero-order chi connectivity index (χ0) is 15.4. The van der Waals surface area contributed by atoms with Gasteiger partial charge >= 0.3 is 0 Å². The summed E-state index contributed by atoms with van der Waals surface area (Å²) in [7, 11) is 0. The molecule has 21 heavy (non-hydrogen) atoms. The predicted molar refractivity (Wildman–Crippen MR) is 85.2 cm³/mol. The molecule has 1 heterocycles. The number of hydrogen-bond acceptors (Lipinski definition) is 2. The lowest BCUT2D eigenvalue weighted by Crippen LogP contribution is -2.24. The molecule has 0 bridgehead atoms. The van der Waals surface area contributed by atoms with Crippen LogP contribution in [0.2, 0.25) is 0 Å². The van der Waals surface area contributed by atoms with Crippen molar-refractivity contribution in [3.05, 3.63) is 57.4 Å². The number of nitrogens with zero attached hydrogens (tertiary/aromatic N) is 2. The van der Waals surface area contributed by atoms with Crippen LogP contribution < -0.4 is 5.56 Å². The Labute approximate surface area is 125 Å². The number of benzene rings is 1. The Balaban J connectivity index is 2.62. The number of rotatable bonds is 4. The summed E-state index contributed by atoms with van der Waals surface area (Å²) in [5.74, 6) is 0. The Morgan fingerprint density at radius 1 is 1.14 bits per heavy atom. The van der Waals surface area contributed by atoms with Crippen molar-refractivity contribution in [2.75, 3.05) is 0 Å². The highest BCUT2D eigenvalue weighted by Crippen LogP contribution is 2.22. The third kappa shape index (κ3) is 3.05. The SMILES string of the molecule is CCCCn1c(-c2ccc(C)c(C)c2)ccc(C#N)c1=O. The van der Waals surface area contributed by atoms with Gasteiger partial charge in [-0.25, -0.2) is 0 Å². The summed E-state index contributed by atoms with van der Waals surface area (Å²) in [5, 5.41) is 9.05. The summed E-state index contributed by atoms with van der Waals surface area (Å²) < 4.78 is 1.73. The van der Waals surface area contributed by atoms with Gasteiger partial charge in [-0.2, -0.15) is 5.26 Å². The first-order valence-electron chi connectivity index (χ1n) is 7.30. The van der Waals surface area contributed by atoms with E-state index in [1.807, 2.05) is 18.2 Å². The maximum atomic E-state index is 12.4. The summed E-state index contributed by atoms with van der Waals surface area (Å²) in [4.78, 5) is 12.4. The number of nitriles is 1. The van der Waals surface area contributed by atoms with Gasteiger partial charge in [0, 0.05) is 6.54 Å². The van der Waals surface area contributed by atoms with Crippen molar-refractivity contribution in [1.29, 1.82) is 5.26 Å². The van der Waals surface area contributed by atoms with E-state index in [1.165, 1.54) is 11.1 Å². The molecule has 2 rings (SSSR count). The van der Waals surface area contributed by atoms with Crippen molar-refractivity contribution < 1.29 is 0 Å². The van der Waals surface area contributed by atoms with Crippen LogP contribution >= 0.6 is 0 Å². The van der Waals surface area contributed by atoms with Crippen LogP contribution in [0.15, 0.2) is 35.1 Å². The van der Waals surface area contributed by atoms with Crippen LogP contribution in [-0.2, 0) is 6.54 Å². The quantitative estimate of drug-likeness (QED) is 0.855. The van der Waals surface area contributed by atoms with Gasteiger partial charge in [0.15, 0.2) is 0 Å². The molecule has 108 valence electrons. The molecule has 0 spiro atoms. The lowest BCUT2D eigenvalue weighted by atomic mass is 10.0. The van der Waals surface area contributed by atoms with Crippen molar-refractivity contribution in [2.45, 2.75) is 40.2 Å². The van der Waals surface area contributed by atoms with Crippen LogP contribution in [0.4, 0.5) is 0 Å². The normalized spacial score (nSPS) is 10.4. The molecule has 1 aromatic carbocycles. The first-order chi connectivity index (χ1) is 10.1. The molecule has 3 nitrogen and oxygen atoms in total. The molecular formula is C18H20N2O. The number of aryl methyl sites for hydroxylation is 2. The van der Waals surface area contributed by atoms with Crippen molar-refractivity contribution >= 4 is 0 Å². The summed E-state index contributed by atoms with van der Waals surface area (Å²) in [6.07, 6.45) is 1.93. The Hall–Kier alpha value is -2.34. The number of aromatic nitrogens is 1. The Kier molecular flexibility index (Phi) is 4.59. The van der Waals surface area contributed by atoms with Crippen LogP contribution in [0.25, 0.3) is 11.3 Å². The third-order valence-electron chi connectivity index (χ3n) is 3.83. The molecule has 0 saturated heterocycles. The molecule has 0 aliphatic heterocycles. The van der Waals surface area contributed by atoms with Gasteiger partial charge in [0.1, 0.15) is 11.6 Å². The second kappa shape index (κ2) is 6.41. The third-order valence-corrected chi connectivity index (χ3v) is 3.83. The van der Waals surface area contributed by atoms with Crippen molar-refractivity contribution in [2.24, 2.45) is 0 Å². The monoisotopic (exact) mass is 280 g/mol.